The zero-order chi connectivity index (χ0) is 19.1. The highest BCUT2D eigenvalue weighted by molar-refractivity contribution is 7.13. The second-order valence-corrected chi connectivity index (χ2v) is 5.81. The maximum absolute atomic E-state index is 11.9. The monoisotopic (exact) mass is 387 g/mol. The van der Waals surface area contributed by atoms with E-state index in [1.54, 1.807) is 35.8 Å². The van der Waals surface area contributed by atoms with Crippen LogP contribution in [0.2, 0.25) is 0 Å². The second-order valence-electron chi connectivity index (χ2n) is 4.91. The van der Waals surface area contributed by atoms with Crippen LogP contribution in [0.25, 0.3) is 0 Å². The number of rotatable bonds is 8. The van der Waals surface area contributed by atoms with Gasteiger partial charge in [0.2, 0.25) is 11.6 Å². The maximum Gasteiger partial charge on any atom is 0.355 e. The Morgan fingerprint density at radius 3 is 2.67 bits per heavy atom. The first-order valence-electron chi connectivity index (χ1n) is 7.52. The summed E-state index contributed by atoms with van der Waals surface area (Å²) >= 11 is 1.25. The smallest absolute Gasteiger partial charge is 0.355 e. The fourth-order valence-corrected chi connectivity index (χ4v) is 2.48. The lowest BCUT2D eigenvalue weighted by Crippen LogP contribution is -2.34. The zero-order valence-corrected chi connectivity index (χ0v) is 14.5. The summed E-state index contributed by atoms with van der Waals surface area (Å²) in [7, 11) is 0. The molecule has 0 spiro atoms. The lowest BCUT2D eigenvalue weighted by atomic mass is 10.3. The average Bonchev–Trinajstić information content (AvgIpc) is 3.18. The normalized spacial score (nSPS) is 10.1. The molecule has 1 amide bonds. The molecule has 0 atom stereocenters. The third-order valence-electron chi connectivity index (χ3n) is 3.10. The number of thiazole rings is 1. The molecule has 0 aliphatic rings. The Bertz CT molecular complexity index is 921. The lowest BCUT2D eigenvalue weighted by Gasteiger charge is -2.10. The van der Waals surface area contributed by atoms with Gasteiger partial charge in [0.05, 0.1) is 4.92 Å². The molecule has 12 heteroatoms. The molecule has 0 saturated carbocycles. The molecular weight excluding hydrogens is 374 g/mol. The Labute approximate surface area is 156 Å². The molecule has 11 nitrogen and oxygen atoms in total. The molecule has 0 fully saturated rings. The summed E-state index contributed by atoms with van der Waals surface area (Å²) in [5, 5.41) is 16.3. The van der Waals surface area contributed by atoms with Gasteiger partial charge in [-0.05, 0) is 12.1 Å². The topological polar surface area (TPSA) is 144 Å². The Morgan fingerprint density at radius 2 is 1.96 bits per heavy atom. The fraction of sp³-hybridized carbons (Fsp3) is 0.0667. The van der Waals surface area contributed by atoms with E-state index in [1.807, 2.05) is 6.07 Å². The summed E-state index contributed by atoms with van der Waals surface area (Å²) in [6.07, 6.45) is 2.67. The van der Waals surface area contributed by atoms with Crippen molar-refractivity contribution in [3.8, 4) is 5.75 Å². The number of nitro groups is 1. The maximum atomic E-state index is 11.9. The van der Waals surface area contributed by atoms with Crippen molar-refractivity contribution in [3.05, 3.63) is 58.4 Å². The minimum Gasteiger partial charge on any atom is -0.484 e. The van der Waals surface area contributed by atoms with Crippen LogP contribution in [0.5, 0.6) is 5.75 Å². The van der Waals surface area contributed by atoms with Crippen molar-refractivity contribution in [3.63, 3.8) is 0 Å². The lowest BCUT2D eigenvalue weighted by molar-refractivity contribution is -0.383. The van der Waals surface area contributed by atoms with E-state index in [9.17, 15) is 14.9 Å². The van der Waals surface area contributed by atoms with Gasteiger partial charge < -0.3 is 10.1 Å². The molecule has 3 aromatic rings. The summed E-state index contributed by atoms with van der Waals surface area (Å²) in [6.45, 7) is -0.278. The molecule has 0 aliphatic carbocycles. The number of nitrogens with one attached hydrogen (secondary N) is 3. The van der Waals surface area contributed by atoms with Gasteiger partial charge >= 0.3 is 5.69 Å². The van der Waals surface area contributed by atoms with Crippen LogP contribution in [0.1, 0.15) is 0 Å². The third-order valence-corrected chi connectivity index (χ3v) is 3.78. The minimum absolute atomic E-state index is 0.0535. The third kappa shape index (κ3) is 4.85. The second kappa shape index (κ2) is 8.53. The first-order chi connectivity index (χ1) is 13.1. The van der Waals surface area contributed by atoms with Gasteiger partial charge in [-0.25, -0.2) is 15.0 Å². The molecule has 27 heavy (non-hydrogen) atoms. The van der Waals surface area contributed by atoms with E-state index in [0.717, 1.165) is 6.33 Å². The number of carbonyl (C=O) groups excluding carboxylic acids is 1. The van der Waals surface area contributed by atoms with Gasteiger partial charge in [-0.3, -0.25) is 25.8 Å². The average molecular weight is 387 g/mol. The van der Waals surface area contributed by atoms with E-state index in [1.165, 1.54) is 11.3 Å². The molecule has 0 radical (unpaired) electrons. The van der Waals surface area contributed by atoms with Crippen molar-refractivity contribution >= 4 is 39.7 Å². The van der Waals surface area contributed by atoms with E-state index >= 15 is 0 Å². The number of anilines is 3. The summed E-state index contributed by atoms with van der Waals surface area (Å²) < 4.78 is 5.29. The summed E-state index contributed by atoms with van der Waals surface area (Å²) in [5.74, 6) is -0.249. The molecule has 0 bridgehead atoms. The van der Waals surface area contributed by atoms with Crippen LogP contribution in [0.3, 0.4) is 0 Å². The molecule has 3 rings (SSSR count). The van der Waals surface area contributed by atoms with Gasteiger partial charge in [0.1, 0.15) is 12.1 Å². The predicted octanol–water partition coefficient (Wildman–Crippen LogP) is 2.11. The number of hydrogen-bond acceptors (Lipinski definition) is 10. The number of aromatic nitrogens is 3. The van der Waals surface area contributed by atoms with Gasteiger partial charge in [-0.15, -0.1) is 11.3 Å². The van der Waals surface area contributed by atoms with Gasteiger partial charge in [0, 0.05) is 11.6 Å². The minimum atomic E-state index is -0.662. The van der Waals surface area contributed by atoms with Gasteiger partial charge in [-0.2, -0.15) is 0 Å². The summed E-state index contributed by atoms with van der Waals surface area (Å²) in [4.78, 5) is 34.3. The molecule has 0 aliphatic heterocycles. The van der Waals surface area contributed by atoms with E-state index in [-0.39, 0.29) is 18.2 Å². The predicted molar refractivity (Wildman–Crippen MR) is 97.8 cm³/mol. The largest absolute Gasteiger partial charge is 0.484 e. The van der Waals surface area contributed by atoms with Crippen LogP contribution in [0.15, 0.2) is 48.2 Å². The van der Waals surface area contributed by atoms with Crippen LogP contribution in [-0.4, -0.2) is 32.4 Å². The van der Waals surface area contributed by atoms with Crippen LogP contribution >= 0.6 is 11.3 Å². The Kier molecular flexibility index (Phi) is 5.69. The van der Waals surface area contributed by atoms with Crippen LogP contribution < -0.4 is 20.9 Å². The molecule has 0 saturated heterocycles. The Hall–Kier alpha value is -3.80. The van der Waals surface area contributed by atoms with Crippen molar-refractivity contribution < 1.29 is 14.5 Å². The van der Waals surface area contributed by atoms with Gasteiger partial charge in [0.15, 0.2) is 11.7 Å². The number of hydrogen-bond donors (Lipinski definition) is 3. The molecule has 0 unspecified atom stereocenters. The molecule has 3 N–H and O–H groups in total. The highest BCUT2D eigenvalue weighted by atomic mass is 32.1. The molecular formula is C15H13N7O4S. The van der Waals surface area contributed by atoms with Crippen molar-refractivity contribution in [1.29, 1.82) is 0 Å². The van der Waals surface area contributed by atoms with Gasteiger partial charge in [-0.1, -0.05) is 18.2 Å². The van der Waals surface area contributed by atoms with E-state index in [4.69, 9.17) is 4.74 Å². The highest BCUT2D eigenvalue weighted by Gasteiger charge is 2.24. The number of hydrazine groups is 1. The fourth-order valence-electron chi connectivity index (χ4n) is 1.95. The first kappa shape index (κ1) is 18.0. The molecule has 2 heterocycles. The van der Waals surface area contributed by atoms with Crippen molar-refractivity contribution in [2.75, 3.05) is 17.3 Å². The number of benzene rings is 1. The summed E-state index contributed by atoms with van der Waals surface area (Å²) in [5.41, 5.74) is 4.29. The number of amides is 1. The Balaban J connectivity index is 1.65. The summed E-state index contributed by atoms with van der Waals surface area (Å²) in [6, 6.07) is 8.76. The van der Waals surface area contributed by atoms with Crippen LogP contribution in [0, 0.1) is 10.1 Å². The zero-order valence-electron chi connectivity index (χ0n) is 13.7. The number of nitrogens with zero attached hydrogens (tertiary/aromatic N) is 4. The Morgan fingerprint density at radius 1 is 1.19 bits per heavy atom. The van der Waals surface area contributed by atoms with E-state index in [0.29, 0.717) is 10.9 Å². The van der Waals surface area contributed by atoms with Crippen LogP contribution in [0.4, 0.5) is 22.5 Å². The van der Waals surface area contributed by atoms with E-state index < -0.39 is 16.5 Å². The molecule has 138 valence electrons. The quantitative estimate of drug-likeness (QED) is 0.391. The van der Waals surface area contributed by atoms with Crippen molar-refractivity contribution in [2.45, 2.75) is 0 Å². The van der Waals surface area contributed by atoms with Crippen molar-refractivity contribution in [1.82, 2.24) is 20.4 Å². The van der Waals surface area contributed by atoms with Crippen molar-refractivity contribution in [2.24, 2.45) is 0 Å². The first-order valence-corrected chi connectivity index (χ1v) is 8.40. The number of carbonyl (C=O) groups is 1. The van der Waals surface area contributed by atoms with E-state index in [2.05, 4.69) is 31.1 Å². The standard InChI is InChI=1S/C15H13N7O4S/c23-11(8-26-10-4-2-1-3-5-10)20-21-14-12(22(24)25)13(17-9-18-14)19-15-16-6-7-27-15/h1-7,9H,8H2,(H,20,23)(H2,16,17,18,19,21). The molecule has 1 aromatic carbocycles. The SMILES string of the molecule is O=C(COc1ccccc1)NNc1ncnc(Nc2nccs2)c1[N+](=O)[O-]. The van der Waals surface area contributed by atoms with Gasteiger partial charge in [0.25, 0.3) is 5.91 Å². The number of ether oxygens (including phenoxy) is 1. The molecule has 2 aromatic heterocycles. The van der Waals surface area contributed by atoms with Crippen LogP contribution in [-0.2, 0) is 4.79 Å². The number of para-hydroxylation sites is 1. The highest BCUT2D eigenvalue weighted by Crippen LogP contribution is 2.31.